The van der Waals surface area contributed by atoms with Gasteiger partial charge in [0, 0.05) is 21.9 Å². The molecule has 0 saturated heterocycles. The number of hydrogen-bond acceptors (Lipinski definition) is 6. The Morgan fingerprint density at radius 1 is 1.31 bits per heavy atom. The molecule has 0 aliphatic heterocycles. The summed E-state index contributed by atoms with van der Waals surface area (Å²) in [5.74, 6) is 0. The Morgan fingerprint density at radius 3 is 2.65 bits per heavy atom. The van der Waals surface area contributed by atoms with Crippen molar-refractivity contribution >= 4 is 54.4 Å². The summed E-state index contributed by atoms with van der Waals surface area (Å²) in [4.78, 5) is 0.0429. The molecule has 0 spiro atoms. The Kier molecular flexibility index (Phi) is 4.31. The standard InChI is InChI=1S/C15H12ClF2N3O2S3/c1-15(2-3-15)21-26(22,23)7-4-8-9(6-24-11(8)10(16)5-7)13-19-20-14(25-13)12(17)18/h4-6,12,21H,2-3H2,1H3. The Balaban J connectivity index is 1.82. The van der Waals surface area contributed by atoms with Gasteiger partial charge in [-0.05, 0) is 31.9 Å². The second kappa shape index (κ2) is 6.16. The van der Waals surface area contributed by atoms with Gasteiger partial charge in [-0.1, -0.05) is 22.9 Å². The van der Waals surface area contributed by atoms with Crippen LogP contribution in [-0.2, 0) is 10.0 Å². The average Bonchev–Trinajstić information content (AvgIpc) is 3.00. The number of thiophene rings is 1. The maximum Gasteiger partial charge on any atom is 0.291 e. The molecule has 1 aliphatic carbocycles. The quantitative estimate of drug-likeness (QED) is 0.622. The van der Waals surface area contributed by atoms with E-state index in [1.807, 2.05) is 6.92 Å². The number of rotatable bonds is 5. The average molecular weight is 436 g/mol. The van der Waals surface area contributed by atoms with Gasteiger partial charge in [0.25, 0.3) is 6.43 Å². The van der Waals surface area contributed by atoms with Crippen LogP contribution in [0.1, 0.15) is 31.2 Å². The lowest BCUT2D eigenvalue weighted by molar-refractivity contribution is 0.150. The number of alkyl halides is 2. The van der Waals surface area contributed by atoms with Gasteiger partial charge in [-0.15, -0.1) is 21.5 Å². The normalized spacial score (nSPS) is 16.5. The number of benzene rings is 1. The van der Waals surface area contributed by atoms with Crippen molar-refractivity contribution in [3.8, 4) is 10.6 Å². The van der Waals surface area contributed by atoms with Crippen molar-refractivity contribution in [2.75, 3.05) is 0 Å². The molecule has 1 N–H and O–H groups in total. The van der Waals surface area contributed by atoms with E-state index in [2.05, 4.69) is 14.9 Å². The number of sulfonamides is 1. The highest BCUT2D eigenvalue weighted by molar-refractivity contribution is 7.89. The molecule has 0 atom stereocenters. The van der Waals surface area contributed by atoms with Crippen LogP contribution in [0.2, 0.25) is 5.02 Å². The van der Waals surface area contributed by atoms with Crippen molar-refractivity contribution in [3.63, 3.8) is 0 Å². The first kappa shape index (κ1) is 18.2. The van der Waals surface area contributed by atoms with E-state index < -0.39 is 22.0 Å². The fraction of sp³-hybridized carbons (Fsp3) is 0.333. The predicted molar refractivity (Wildman–Crippen MR) is 98.7 cm³/mol. The third-order valence-electron chi connectivity index (χ3n) is 4.15. The van der Waals surface area contributed by atoms with E-state index in [1.54, 1.807) is 5.38 Å². The van der Waals surface area contributed by atoms with Crippen LogP contribution in [0.25, 0.3) is 20.7 Å². The zero-order valence-electron chi connectivity index (χ0n) is 13.3. The van der Waals surface area contributed by atoms with Gasteiger partial charge in [0.15, 0.2) is 5.01 Å². The lowest BCUT2D eigenvalue weighted by Gasteiger charge is -2.12. The van der Waals surface area contributed by atoms with Crippen LogP contribution < -0.4 is 4.72 Å². The van der Waals surface area contributed by atoms with Crippen LogP contribution in [0.4, 0.5) is 8.78 Å². The third-order valence-corrected chi connectivity index (χ3v) is 8.17. The molecule has 0 radical (unpaired) electrons. The van der Waals surface area contributed by atoms with Crippen LogP contribution >= 0.6 is 34.3 Å². The largest absolute Gasteiger partial charge is 0.291 e. The van der Waals surface area contributed by atoms with Crippen molar-refractivity contribution in [1.82, 2.24) is 14.9 Å². The van der Waals surface area contributed by atoms with Gasteiger partial charge in [0.1, 0.15) is 5.01 Å². The van der Waals surface area contributed by atoms with Crippen molar-refractivity contribution in [3.05, 3.63) is 27.5 Å². The molecule has 1 aliphatic rings. The van der Waals surface area contributed by atoms with E-state index in [4.69, 9.17) is 11.6 Å². The first-order valence-corrected chi connectivity index (χ1v) is 11.1. The topological polar surface area (TPSA) is 72.0 Å². The summed E-state index contributed by atoms with van der Waals surface area (Å²) in [7, 11) is -3.74. The summed E-state index contributed by atoms with van der Waals surface area (Å²) in [5, 5.41) is 9.79. The lowest BCUT2D eigenvalue weighted by atomic mass is 10.2. The Bertz CT molecular complexity index is 1110. The number of hydrogen-bond donors (Lipinski definition) is 1. The van der Waals surface area contributed by atoms with Gasteiger partial charge in [-0.3, -0.25) is 0 Å². The Labute approximate surface area is 161 Å². The molecule has 26 heavy (non-hydrogen) atoms. The number of nitrogens with zero attached hydrogens (tertiary/aromatic N) is 2. The number of fused-ring (bicyclic) bond motifs is 1. The van der Waals surface area contributed by atoms with Crippen LogP contribution in [0.3, 0.4) is 0 Å². The molecule has 2 aromatic heterocycles. The number of nitrogens with one attached hydrogen (secondary N) is 1. The summed E-state index contributed by atoms with van der Waals surface area (Å²) in [6.45, 7) is 1.84. The predicted octanol–water partition coefficient (Wildman–Crippen LogP) is 4.84. The van der Waals surface area contributed by atoms with Crippen LogP contribution in [0, 0.1) is 0 Å². The first-order chi connectivity index (χ1) is 12.2. The molecule has 2 heterocycles. The molecule has 1 saturated carbocycles. The monoisotopic (exact) mass is 435 g/mol. The highest BCUT2D eigenvalue weighted by atomic mass is 35.5. The van der Waals surface area contributed by atoms with Crippen molar-refractivity contribution in [2.45, 2.75) is 36.6 Å². The van der Waals surface area contributed by atoms with Gasteiger partial charge in [0.2, 0.25) is 10.0 Å². The van der Waals surface area contributed by atoms with E-state index in [9.17, 15) is 17.2 Å². The summed E-state index contributed by atoms with van der Waals surface area (Å²) < 4.78 is 54.2. The molecular formula is C15H12ClF2N3O2S3. The van der Waals surface area contributed by atoms with Crippen LogP contribution in [-0.4, -0.2) is 24.2 Å². The summed E-state index contributed by atoms with van der Waals surface area (Å²) in [5.41, 5.74) is 0.134. The van der Waals surface area contributed by atoms with Gasteiger partial charge in [-0.25, -0.2) is 21.9 Å². The minimum atomic E-state index is -3.74. The zero-order valence-corrected chi connectivity index (χ0v) is 16.5. The molecule has 11 heteroatoms. The maximum atomic E-state index is 12.8. The summed E-state index contributed by atoms with van der Waals surface area (Å²) in [6, 6.07) is 2.91. The molecular weight excluding hydrogens is 424 g/mol. The smallest absolute Gasteiger partial charge is 0.207 e. The molecule has 5 nitrogen and oxygen atoms in total. The van der Waals surface area contributed by atoms with E-state index in [0.717, 1.165) is 24.2 Å². The van der Waals surface area contributed by atoms with Gasteiger partial charge in [0.05, 0.1) is 14.6 Å². The molecule has 1 aromatic carbocycles. The molecule has 4 rings (SSSR count). The van der Waals surface area contributed by atoms with Crippen LogP contribution in [0.5, 0.6) is 0 Å². The van der Waals surface area contributed by atoms with E-state index in [0.29, 0.717) is 25.7 Å². The Morgan fingerprint density at radius 2 is 2.04 bits per heavy atom. The third kappa shape index (κ3) is 3.24. The molecule has 1 fully saturated rings. The lowest BCUT2D eigenvalue weighted by Crippen LogP contribution is -2.34. The minimum Gasteiger partial charge on any atom is -0.207 e. The van der Waals surface area contributed by atoms with Gasteiger partial charge in [-0.2, -0.15) is 0 Å². The Hall–Kier alpha value is -1.20. The maximum absolute atomic E-state index is 12.8. The fourth-order valence-corrected chi connectivity index (χ4v) is 6.17. The van der Waals surface area contributed by atoms with E-state index in [-0.39, 0.29) is 9.90 Å². The molecule has 0 bridgehead atoms. The van der Waals surface area contributed by atoms with Crippen molar-refractivity contribution in [2.24, 2.45) is 0 Å². The number of halogens is 3. The van der Waals surface area contributed by atoms with Crippen LogP contribution in [0.15, 0.2) is 22.4 Å². The summed E-state index contributed by atoms with van der Waals surface area (Å²) >= 11 is 8.36. The van der Waals surface area contributed by atoms with Gasteiger partial charge < -0.3 is 0 Å². The fourth-order valence-electron chi connectivity index (χ4n) is 2.49. The molecule has 3 aromatic rings. The first-order valence-electron chi connectivity index (χ1n) is 7.55. The molecule has 0 unspecified atom stereocenters. The highest BCUT2D eigenvalue weighted by Gasteiger charge is 2.41. The van der Waals surface area contributed by atoms with Crippen molar-refractivity contribution < 1.29 is 17.2 Å². The second-order valence-electron chi connectivity index (χ2n) is 6.34. The highest BCUT2D eigenvalue weighted by Crippen LogP contribution is 2.42. The van der Waals surface area contributed by atoms with Gasteiger partial charge >= 0.3 is 0 Å². The minimum absolute atomic E-state index is 0.0429. The molecule has 0 amide bonds. The number of aromatic nitrogens is 2. The summed E-state index contributed by atoms with van der Waals surface area (Å²) in [6.07, 6.45) is -1.13. The second-order valence-corrected chi connectivity index (χ2v) is 10.3. The van der Waals surface area contributed by atoms with Crippen molar-refractivity contribution in [1.29, 1.82) is 0 Å². The van der Waals surface area contributed by atoms with E-state index >= 15 is 0 Å². The molecule has 138 valence electrons. The zero-order chi connectivity index (χ0) is 18.7. The SMILES string of the molecule is CC1(NS(=O)(=O)c2cc(Cl)c3scc(-c4nnc(C(F)F)s4)c3c2)CC1. The van der Waals surface area contributed by atoms with E-state index in [1.165, 1.54) is 23.5 Å².